The van der Waals surface area contributed by atoms with Crippen molar-refractivity contribution in [3.8, 4) is 0 Å². The molecule has 92 valence electrons. The molecule has 0 saturated heterocycles. The molecule has 0 spiro atoms. The van der Waals surface area contributed by atoms with Crippen LogP contribution in [0.2, 0.25) is 0 Å². The lowest BCUT2D eigenvalue weighted by molar-refractivity contribution is 0.605. The molecule has 2 N–H and O–H groups in total. The molecule has 0 saturated carbocycles. The van der Waals surface area contributed by atoms with Gasteiger partial charge < -0.3 is 10.6 Å². The minimum atomic E-state index is 0. The SMILES string of the molecule is Cc1cnc(C(C)CN=C(N)N(C)C)s1.I. The molecule has 0 fully saturated rings. The van der Waals surface area contributed by atoms with Crippen LogP contribution < -0.4 is 5.73 Å². The van der Waals surface area contributed by atoms with E-state index in [1.807, 2.05) is 20.3 Å². The topological polar surface area (TPSA) is 54.5 Å². The van der Waals surface area contributed by atoms with Gasteiger partial charge in [-0.2, -0.15) is 0 Å². The molecule has 1 heterocycles. The van der Waals surface area contributed by atoms with E-state index >= 15 is 0 Å². The van der Waals surface area contributed by atoms with Crippen LogP contribution in [0.15, 0.2) is 11.2 Å². The smallest absolute Gasteiger partial charge is 0.190 e. The van der Waals surface area contributed by atoms with Gasteiger partial charge in [0.2, 0.25) is 0 Å². The fraction of sp³-hybridized carbons (Fsp3) is 0.600. The first kappa shape index (κ1) is 15.6. The number of rotatable bonds is 3. The Morgan fingerprint density at radius 2 is 2.25 bits per heavy atom. The van der Waals surface area contributed by atoms with Crippen molar-refractivity contribution >= 4 is 41.3 Å². The van der Waals surface area contributed by atoms with Crippen LogP contribution in [0.25, 0.3) is 0 Å². The van der Waals surface area contributed by atoms with Crippen LogP contribution in [0.5, 0.6) is 0 Å². The van der Waals surface area contributed by atoms with Gasteiger partial charge in [-0.05, 0) is 6.92 Å². The number of aromatic nitrogens is 1. The third-order valence-electron chi connectivity index (χ3n) is 2.05. The summed E-state index contributed by atoms with van der Waals surface area (Å²) in [6.07, 6.45) is 1.90. The van der Waals surface area contributed by atoms with Gasteiger partial charge in [0.1, 0.15) is 0 Å². The number of hydrogen-bond acceptors (Lipinski definition) is 3. The first-order chi connectivity index (χ1) is 7.00. The van der Waals surface area contributed by atoms with Gasteiger partial charge in [0.25, 0.3) is 0 Å². The first-order valence-corrected chi connectivity index (χ1v) is 5.72. The van der Waals surface area contributed by atoms with Crippen molar-refractivity contribution in [3.05, 3.63) is 16.1 Å². The maximum absolute atomic E-state index is 5.71. The molecule has 1 rings (SSSR count). The van der Waals surface area contributed by atoms with Gasteiger partial charge in [0.05, 0.1) is 11.6 Å². The molecular formula is C10H19IN4S. The summed E-state index contributed by atoms with van der Waals surface area (Å²) in [6, 6.07) is 0. The molecule has 0 radical (unpaired) electrons. The molecule has 1 aromatic heterocycles. The van der Waals surface area contributed by atoms with Crippen LogP contribution in [0.3, 0.4) is 0 Å². The maximum Gasteiger partial charge on any atom is 0.190 e. The lowest BCUT2D eigenvalue weighted by Crippen LogP contribution is -2.30. The number of guanidine groups is 1. The van der Waals surface area contributed by atoms with Gasteiger partial charge in [-0.25, -0.2) is 4.98 Å². The highest BCUT2D eigenvalue weighted by atomic mass is 127. The van der Waals surface area contributed by atoms with E-state index in [0.29, 0.717) is 18.4 Å². The number of aliphatic imine (C=N–C) groups is 1. The zero-order valence-corrected chi connectivity index (χ0v) is 13.2. The highest BCUT2D eigenvalue weighted by molar-refractivity contribution is 14.0. The normalized spacial score (nSPS) is 13.1. The molecule has 0 aromatic carbocycles. The Morgan fingerprint density at radius 3 is 2.69 bits per heavy atom. The van der Waals surface area contributed by atoms with Gasteiger partial charge in [0, 0.05) is 31.1 Å². The van der Waals surface area contributed by atoms with Crippen molar-refractivity contribution in [1.82, 2.24) is 9.88 Å². The summed E-state index contributed by atoms with van der Waals surface area (Å²) >= 11 is 1.72. The minimum Gasteiger partial charge on any atom is -0.370 e. The number of nitrogens with two attached hydrogens (primary N) is 1. The molecular weight excluding hydrogens is 335 g/mol. The second kappa shape index (κ2) is 7.05. The summed E-state index contributed by atoms with van der Waals surface area (Å²) in [5, 5.41) is 1.13. The molecule has 0 aliphatic rings. The van der Waals surface area contributed by atoms with Crippen molar-refractivity contribution in [2.75, 3.05) is 20.6 Å². The molecule has 1 aromatic rings. The van der Waals surface area contributed by atoms with E-state index in [4.69, 9.17) is 5.73 Å². The minimum absolute atomic E-state index is 0. The Hall–Kier alpha value is -0.370. The van der Waals surface area contributed by atoms with Gasteiger partial charge in [-0.1, -0.05) is 6.92 Å². The van der Waals surface area contributed by atoms with E-state index in [9.17, 15) is 0 Å². The molecule has 0 bridgehead atoms. The second-order valence-corrected chi connectivity index (χ2v) is 5.07. The number of thiazole rings is 1. The largest absolute Gasteiger partial charge is 0.370 e. The van der Waals surface area contributed by atoms with Crippen molar-refractivity contribution in [1.29, 1.82) is 0 Å². The number of aryl methyl sites for hydroxylation is 1. The lowest BCUT2D eigenvalue weighted by Gasteiger charge is -2.11. The Kier molecular flexibility index (Phi) is 6.89. The van der Waals surface area contributed by atoms with Crippen LogP contribution in [0.1, 0.15) is 22.7 Å². The van der Waals surface area contributed by atoms with Crippen molar-refractivity contribution in [2.45, 2.75) is 19.8 Å². The highest BCUT2D eigenvalue weighted by Gasteiger charge is 2.09. The molecule has 0 aliphatic heterocycles. The molecule has 16 heavy (non-hydrogen) atoms. The summed E-state index contributed by atoms with van der Waals surface area (Å²) in [4.78, 5) is 11.7. The standard InChI is InChI=1S/C10H18N4S.HI/c1-7(5-13-10(11)14(3)4)9-12-6-8(2)15-9;/h6-7H,5H2,1-4H3,(H2,11,13);1H. The number of nitrogens with zero attached hydrogens (tertiary/aromatic N) is 3. The maximum atomic E-state index is 5.71. The number of halogens is 1. The summed E-state index contributed by atoms with van der Waals surface area (Å²) in [5.41, 5.74) is 5.71. The van der Waals surface area contributed by atoms with Crippen LogP contribution >= 0.6 is 35.3 Å². The fourth-order valence-corrected chi connectivity index (χ4v) is 1.87. The molecule has 1 atom stereocenters. The fourth-order valence-electron chi connectivity index (χ4n) is 1.05. The van der Waals surface area contributed by atoms with E-state index in [1.54, 1.807) is 16.2 Å². The van der Waals surface area contributed by atoms with Gasteiger partial charge in [-0.3, -0.25) is 4.99 Å². The Labute approximate surface area is 118 Å². The van der Waals surface area contributed by atoms with Crippen molar-refractivity contribution in [2.24, 2.45) is 10.7 Å². The summed E-state index contributed by atoms with van der Waals surface area (Å²) in [7, 11) is 3.77. The van der Waals surface area contributed by atoms with E-state index in [-0.39, 0.29) is 24.0 Å². The van der Waals surface area contributed by atoms with Crippen LogP contribution in [-0.2, 0) is 0 Å². The van der Waals surface area contributed by atoms with Crippen LogP contribution in [-0.4, -0.2) is 36.5 Å². The lowest BCUT2D eigenvalue weighted by atomic mass is 10.2. The first-order valence-electron chi connectivity index (χ1n) is 4.90. The molecule has 4 nitrogen and oxygen atoms in total. The van der Waals surface area contributed by atoms with Crippen LogP contribution in [0.4, 0.5) is 0 Å². The molecule has 0 amide bonds. The predicted molar refractivity (Wildman–Crippen MR) is 80.9 cm³/mol. The zero-order valence-electron chi connectivity index (χ0n) is 10.1. The average molecular weight is 354 g/mol. The van der Waals surface area contributed by atoms with Crippen LogP contribution in [0, 0.1) is 6.92 Å². The van der Waals surface area contributed by atoms with E-state index in [1.165, 1.54) is 4.88 Å². The average Bonchev–Trinajstić information content (AvgIpc) is 2.60. The third kappa shape index (κ3) is 4.65. The van der Waals surface area contributed by atoms with Gasteiger partial charge >= 0.3 is 0 Å². The van der Waals surface area contributed by atoms with Gasteiger partial charge in [0.15, 0.2) is 5.96 Å². The predicted octanol–water partition coefficient (Wildman–Crippen LogP) is 2.05. The quantitative estimate of drug-likeness (QED) is 0.514. The second-order valence-electron chi connectivity index (χ2n) is 3.80. The Balaban J connectivity index is 0.00000225. The Bertz CT molecular complexity index is 348. The van der Waals surface area contributed by atoms with E-state index < -0.39 is 0 Å². The summed E-state index contributed by atoms with van der Waals surface area (Å²) in [5.74, 6) is 0.900. The van der Waals surface area contributed by atoms with E-state index in [2.05, 4.69) is 23.8 Å². The number of hydrogen-bond donors (Lipinski definition) is 1. The van der Waals surface area contributed by atoms with E-state index in [0.717, 1.165) is 5.01 Å². The Morgan fingerprint density at radius 1 is 1.62 bits per heavy atom. The monoisotopic (exact) mass is 354 g/mol. The molecule has 0 aliphatic carbocycles. The molecule has 1 unspecified atom stereocenters. The summed E-state index contributed by atoms with van der Waals surface area (Å²) in [6.45, 7) is 4.87. The summed E-state index contributed by atoms with van der Waals surface area (Å²) < 4.78 is 0. The third-order valence-corrected chi connectivity index (χ3v) is 3.19. The molecule has 6 heteroatoms. The highest BCUT2D eigenvalue weighted by Crippen LogP contribution is 2.21. The van der Waals surface area contributed by atoms with Crippen molar-refractivity contribution in [3.63, 3.8) is 0 Å². The van der Waals surface area contributed by atoms with Gasteiger partial charge in [-0.15, -0.1) is 35.3 Å². The van der Waals surface area contributed by atoms with Crippen molar-refractivity contribution < 1.29 is 0 Å². The zero-order chi connectivity index (χ0) is 11.4.